The molecular weight excluding hydrogens is 316 g/mol. The number of aryl methyl sites for hydroxylation is 2. The van der Waals surface area contributed by atoms with Crippen LogP contribution >= 0.6 is 0 Å². The number of amides is 1. The molecule has 1 saturated carbocycles. The van der Waals surface area contributed by atoms with Crippen LogP contribution in [0.3, 0.4) is 0 Å². The molecule has 2 heterocycles. The second kappa shape index (κ2) is 6.39. The molecule has 5 heteroatoms. The first-order valence-electron chi connectivity index (χ1n) is 8.88. The summed E-state index contributed by atoms with van der Waals surface area (Å²) in [5, 5.41) is 4.16. The van der Waals surface area contributed by atoms with Crippen LogP contribution in [0.25, 0.3) is 10.9 Å². The molecule has 1 aliphatic heterocycles. The third kappa shape index (κ3) is 2.71. The van der Waals surface area contributed by atoms with E-state index in [9.17, 15) is 4.79 Å². The van der Waals surface area contributed by atoms with Crippen molar-refractivity contribution in [1.29, 1.82) is 0 Å². The van der Waals surface area contributed by atoms with Gasteiger partial charge in [0.2, 0.25) is 0 Å². The highest BCUT2D eigenvalue weighted by molar-refractivity contribution is 6.07. The Balaban J connectivity index is 1.63. The van der Waals surface area contributed by atoms with Gasteiger partial charge in [-0.15, -0.1) is 0 Å². The predicted molar refractivity (Wildman–Crippen MR) is 95.7 cm³/mol. The molecule has 1 aromatic heterocycles. The number of methoxy groups -OCH3 is 1. The summed E-state index contributed by atoms with van der Waals surface area (Å²) in [6, 6.07) is 7.97. The molecule has 0 spiro atoms. The smallest absolute Gasteiger partial charge is 0.252 e. The second-order valence-corrected chi connectivity index (χ2v) is 7.19. The predicted octanol–water partition coefficient (Wildman–Crippen LogP) is 2.63. The van der Waals surface area contributed by atoms with E-state index >= 15 is 0 Å². The number of ether oxygens (including phenoxy) is 2. The SMILES string of the molecule is COCC1C(NC(=O)c2cc(C)nc3c(C)cccc23)C2CCOC21. The van der Waals surface area contributed by atoms with Gasteiger partial charge in [0.25, 0.3) is 5.91 Å². The summed E-state index contributed by atoms with van der Waals surface area (Å²) >= 11 is 0. The Bertz CT molecular complexity index is 820. The van der Waals surface area contributed by atoms with Crippen LogP contribution in [0, 0.1) is 25.7 Å². The van der Waals surface area contributed by atoms with E-state index in [2.05, 4.69) is 10.3 Å². The summed E-state index contributed by atoms with van der Waals surface area (Å²) < 4.78 is 11.1. The van der Waals surface area contributed by atoms with Crippen LogP contribution in [0.2, 0.25) is 0 Å². The maximum atomic E-state index is 13.0. The zero-order valence-electron chi connectivity index (χ0n) is 14.9. The molecular formula is C20H24N2O3. The van der Waals surface area contributed by atoms with Gasteiger partial charge in [-0.25, -0.2) is 0 Å². The Morgan fingerprint density at radius 1 is 1.40 bits per heavy atom. The number of nitrogens with one attached hydrogen (secondary N) is 1. The molecule has 2 fully saturated rings. The van der Waals surface area contributed by atoms with Crippen molar-refractivity contribution in [3.05, 3.63) is 41.1 Å². The average Bonchev–Trinajstić information content (AvgIpc) is 3.02. The molecule has 1 aromatic carbocycles. The van der Waals surface area contributed by atoms with Gasteiger partial charge in [0.15, 0.2) is 0 Å². The topological polar surface area (TPSA) is 60.5 Å². The lowest BCUT2D eigenvalue weighted by Gasteiger charge is -2.47. The van der Waals surface area contributed by atoms with Crippen LogP contribution in [0.4, 0.5) is 0 Å². The molecule has 4 rings (SSSR count). The van der Waals surface area contributed by atoms with Gasteiger partial charge in [-0.2, -0.15) is 0 Å². The lowest BCUT2D eigenvalue weighted by atomic mass is 9.67. The molecule has 4 atom stereocenters. The van der Waals surface area contributed by atoms with E-state index in [1.165, 1.54) is 0 Å². The minimum atomic E-state index is -0.0300. The highest BCUT2D eigenvalue weighted by atomic mass is 16.5. The number of fused-ring (bicyclic) bond motifs is 2. The number of hydrogen-bond acceptors (Lipinski definition) is 4. The van der Waals surface area contributed by atoms with E-state index in [4.69, 9.17) is 9.47 Å². The Morgan fingerprint density at radius 2 is 2.24 bits per heavy atom. The summed E-state index contributed by atoms with van der Waals surface area (Å²) in [5.74, 6) is 0.606. The maximum Gasteiger partial charge on any atom is 0.252 e. The Kier molecular flexibility index (Phi) is 4.21. The van der Waals surface area contributed by atoms with Crippen molar-refractivity contribution in [1.82, 2.24) is 10.3 Å². The van der Waals surface area contributed by atoms with Gasteiger partial charge in [-0.05, 0) is 31.9 Å². The zero-order valence-corrected chi connectivity index (χ0v) is 14.9. The lowest BCUT2D eigenvalue weighted by molar-refractivity contribution is -0.0809. The van der Waals surface area contributed by atoms with E-state index in [0.29, 0.717) is 18.1 Å². The normalized spacial score (nSPS) is 27.8. The fourth-order valence-electron chi connectivity index (χ4n) is 4.37. The van der Waals surface area contributed by atoms with Crippen LogP contribution in [0.5, 0.6) is 0 Å². The summed E-state index contributed by atoms with van der Waals surface area (Å²) in [6.45, 7) is 5.35. The first-order valence-corrected chi connectivity index (χ1v) is 8.88. The standard InChI is InChI=1S/C20H24N2O3/c1-11-5-4-6-13-15(9-12(2)21-17(11)13)20(23)22-18-14-7-8-25-19(14)16(18)10-24-3/h4-6,9,14,16,18-19H,7-8,10H2,1-3H3,(H,22,23). The van der Waals surface area contributed by atoms with Gasteiger partial charge in [0, 0.05) is 42.7 Å². The van der Waals surface area contributed by atoms with Crippen molar-refractivity contribution in [2.24, 2.45) is 11.8 Å². The van der Waals surface area contributed by atoms with Gasteiger partial charge in [-0.1, -0.05) is 18.2 Å². The molecule has 4 unspecified atom stereocenters. The molecule has 1 aliphatic carbocycles. The van der Waals surface area contributed by atoms with E-state index in [0.717, 1.165) is 35.2 Å². The second-order valence-electron chi connectivity index (χ2n) is 7.19. The molecule has 1 amide bonds. The van der Waals surface area contributed by atoms with Crippen molar-refractivity contribution >= 4 is 16.8 Å². The van der Waals surface area contributed by atoms with Crippen LogP contribution in [0.1, 0.15) is 28.0 Å². The number of aromatic nitrogens is 1. The van der Waals surface area contributed by atoms with Crippen LogP contribution < -0.4 is 5.32 Å². The molecule has 1 N–H and O–H groups in total. The van der Waals surface area contributed by atoms with Gasteiger partial charge < -0.3 is 14.8 Å². The van der Waals surface area contributed by atoms with E-state index < -0.39 is 0 Å². The Labute approximate surface area is 147 Å². The third-order valence-corrected chi connectivity index (χ3v) is 5.60. The fourth-order valence-corrected chi connectivity index (χ4v) is 4.37. The molecule has 2 aliphatic rings. The molecule has 25 heavy (non-hydrogen) atoms. The van der Waals surface area contributed by atoms with Crippen molar-refractivity contribution in [2.75, 3.05) is 20.3 Å². The summed E-state index contributed by atoms with van der Waals surface area (Å²) in [7, 11) is 1.70. The van der Waals surface area contributed by atoms with Crippen molar-refractivity contribution in [3.8, 4) is 0 Å². The van der Waals surface area contributed by atoms with E-state index in [1.807, 2.05) is 38.1 Å². The number of hydrogen-bond donors (Lipinski definition) is 1. The van der Waals surface area contributed by atoms with Crippen molar-refractivity contribution < 1.29 is 14.3 Å². The van der Waals surface area contributed by atoms with Crippen molar-refractivity contribution in [2.45, 2.75) is 32.4 Å². The number of benzene rings is 1. The number of rotatable bonds is 4. The largest absolute Gasteiger partial charge is 0.384 e. The Morgan fingerprint density at radius 3 is 3.04 bits per heavy atom. The average molecular weight is 340 g/mol. The Hall–Kier alpha value is -1.98. The number of nitrogens with zero attached hydrogens (tertiary/aromatic N) is 1. The zero-order chi connectivity index (χ0) is 17.6. The quantitative estimate of drug-likeness (QED) is 0.929. The molecule has 5 nitrogen and oxygen atoms in total. The summed E-state index contributed by atoms with van der Waals surface area (Å²) in [4.78, 5) is 17.7. The number of carbonyl (C=O) groups is 1. The fraction of sp³-hybridized carbons (Fsp3) is 0.500. The monoisotopic (exact) mass is 340 g/mol. The van der Waals surface area contributed by atoms with E-state index in [-0.39, 0.29) is 24.0 Å². The number of para-hydroxylation sites is 1. The molecule has 132 valence electrons. The third-order valence-electron chi connectivity index (χ3n) is 5.60. The molecule has 0 bridgehead atoms. The highest BCUT2D eigenvalue weighted by Gasteiger charge is 2.54. The molecule has 2 aromatic rings. The van der Waals surface area contributed by atoms with Gasteiger partial charge in [0.1, 0.15) is 0 Å². The van der Waals surface area contributed by atoms with Crippen LogP contribution in [-0.4, -0.2) is 43.4 Å². The summed E-state index contributed by atoms with van der Waals surface area (Å²) in [6.07, 6.45) is 1.23. The van der Waals surface area contributed by atoms with Gasteiger partial charge >= 0.3 is 0 Å². The first kappa shape index (κ1) is 16.5. The molecule has 0 radical (unpaired) electrons. The number of pyridine rings is 1. The van der Waals surface area contributed by atoms with Gasteiger partial charge in [-0.3, -0.25) is 9.78 Å². The summed E-state index contributed by atoms with van der Waals surface area (Å²) in [5.41, 5.74) is 3.54. The number of carbonyl (C=O) groups excluding carboxylic acids is 1. The van der Waals surface area contributed by atoms with Gasteiger partial charge in [0.05, 0.1) is 23.8 Å². The molecule has 1 saturated heterocycles. The van der Waals surface area contributed by atoms with E-state index in [1.54, 1.807) is 7.11 Å². The minimum Gasteiger partial charge on any atom is -0.384 e. The maximum absolute atomic E-state index is 13.0. The van der Waals surface area contributed by atoms with Crippen LogP contribution in [0.15, 0.2) is 24.3 Å². The first-order chi connectivity index (χ1) is 12.1. The van der Waals surface area contributed by atoms with Crippen LogP contribution in [-0.2, 0) is 9.47 Å². The highest BCUT2D eigenvalue weighted by Crippen LogP contribution is 2.44. The minimum absolute atomic E-state index is 0.0300. The van der Waals surface area contributed by atoms with Crippen molar-refractivity contribution in [3.63, 3.8) is 0 Å². The lowest BCUT2D eigenvalue weighted by Crippen LogP contribution is -2.62.